The predicted molar refractivity (Wildman–Crippen MR) is 113 cm³/mol. The van der Waals surface area contributed by atoms with Crippen LogP contribution in [-0.2, 0) is 16.1 Å². The summed E-state index contributed by atoms with van der Waals surface area (Å²) in [5.41, 5.74) is 0.821. The maximum atomic E-state index is 12.6. The number of nitrogens with one attached hydrogen (secondary N) is 2. The molecule has 3 rings (SSSR count). The van der Waals surface area contributed by atoms with Gasteiger partial charge >= 0.3 is 0 Å². The minimum atomic E-state index is -0.446. The van der Waals surface area contributed by atoms with Crippen LogP contribution in [0, 0.1) is 6.92 Å². The first-order valence-corrected chi connectivity index (χ1v) is 9.26. The van der Waals surface area contributed by atoms with Crippen molar-refractivity contribution in [1.82, 2.24) is 9.88 Å². The second-order valence-corrected chi connectivity index (χ2v) is 6.87. The lowest BCUT2D eigenvalue weighted by molar-refractivity contribution is -0.124. The molecule has 0 unspecified atom stereocenters. The number of aryl methyl sites for hydroxylation is 1. The topological polar surface area (TPSA) is 89.4 Å². The highest BCUT2D eigenvalue weighted by Crippen LogP contribution is 2.27. The molecule has 0 radical (unpaired) electrons. The van der Waals surface area contributed by atoms with Gasteiger partial charge in [0.15, 0.2) is 0 Å². The quantitative estimate of drug-likeness (QED) is 0.650. The molecule has 2 aromatic carbocycles. The molecule has 150 valence electrons. The van der Waals surface area contributed by atoms with Gasteiger partial charge in [0.1, 0.15) is 12.3 Å². The van der Waals surface area contributed by atoms with E-state index in [9.17, 15) is 14.4 Å². The first kappa shape index (κ1) is 20.4. The van der Waals surface area contributed by atoms with Crippen molar-refractivity contribution in [3.05, 3.63) is 69.6 Å². The maximum absolute atomic E-state index is 12.6. The number of hydrogen-bond donors (Lipinski definition) is 2. The molecule has 0 fully saturated rings. The van der Waals surface area contributed by atoms with Gasteiger partial charge in [-0.3, -0.25) is 14.4 Å². The van der Waals surface area contributed by atoms with Crippen LogP contribution in [0.4, 0.5) is 5.69 Å². The molecule has 0 aliphatic rings. The number of ether oxygens (including phenoxy) is 1. The molecule has 0 bridgehead atoms. The molecule has 7 nitrogen and oxygen atoms in total. The summed E-state index contributed by atoms with van der Waals surface area (Å²) >= 11 is 5.94. The third-order valence-corrected chi connectivity index (χ3v) is 4.65. The fourth-order valence-corrected chi connectivity index (χ4v) is 3.15. The zero-order valence-electron chi connectivity index (χ0n) is 16.0. The number of anilines is 1. The van der Waals surface area contributed by atoms with Gasteiger partial charge in [-0.25, -0.2) is 0 Å². The number of pyridine rings is 1. The first-order chi connectivity index (χ1) is 13.9. The number of nitrogens with zero attached hydrogens (tertiary/aromatic N) is 1. The summed E-state index contributed by atoms with van der Waals surface area (Å²) in [7, 11) is 1.48. The number of halogens is 1. The SMILES string of the molecule is COc1ccc(Cl)cc1NC(=O)CNC(=O)Cn1c(C)cc2ccccc2c1=O. The zero-order chi connectivity index (χ0) is 21.0. The van der Waals surface area contributed by atoms with Crippen LogP contribution in [0.2, 0.25) is 5.02 Å². The number of methoxy groups -OCH3 is 1. The second kappa shape index (κ2) is 8.79. The number of benzene rings is 2. The van der Waals surface area contributed by atoms with Gasteiger partial charge < -0.3 is 19.9 Å². The molecule has 0 saturated heterocycles. The zero-order valence-corrected chi connectivity index (χ0v) is 16.7. The van der Waals surface area contributed by atoms with E-state index in [1.807, 2.05) is 18.2 Å². The van der Waals surface area contributed by atoms with Gasteiger partial charge in [-0.05, 0) is 42.6 Å². The standard InChI is InChI=1S/C21H20ClN3O4/c1-13-9-14-5-3-4-6-16(14)21(28)25(13)12-20(27)23-11-19(26)24-17-10-15(22)7-8-18(17)29-2/h3-10H,11-12H2,1-2H3,(H,23,27)(H,24,26). The summed E-state index contributed by atoms with van der Waals surface area (Å²) in [4.78, 5) is 37.1. The van der Waals surface area contributed by atoms with Gasteiger partial charge in [0.2, 0.25) is 11.8 Å². The van der Waals surface area contributed by atoms with Crippen molar-refractivity contribution in [2.45, 2.75) is 13.5 Å². The minimum Gasteiger partial charge on any atom is -0.495 e. The fourth-order valence-electron chi connectivity index (χ4n) is 2.97. The highest BCUT2D eigenvalue weighted by atomic mass is 35.5. The van der Waals surface area contributed by atoms with Crippen molar-refractivity contribution in [2.75, 3.05) is 19.0 Å². The van der Waals surface area contributed by atoms with Crippen molar-refractivity contribution < 1.29 is 14.3 Å². The Hall–Kier alpha value is -3.32. The largest absolute Gasteiger partial charge is 0.495 e. The fraction of sp³-hybridized carbons (Fsp3) is 0.190. The molecule has 0 spiro atoms. The number of carbonyl (C=O) groups is 2. The summed E-state index contributed by atoms with van der Waals surface area (Å²) in [5.74, 6) is -0.437. The summed E-state index contributed by atoms with van der Waals surface area (Å²) in [5, 5.41) is 6.96. The lowest BCUT2D eigenvalue weighted by Crippen LogP contribution is -2.37. The molecule has 8 heteroatoms. The van der Waals surface area contributed by atoms with Gasteiger partial charge in [-0.1, -0.05) is 29.8 Å². The molecule has 2 amide bonds. The molecule has 0 atom stereocenters. The Morgan fingerprint density at radius 3 is 2.62 bits per heavy atom. The van der Waals surface area contributed by atoms with Crippen molar-refractivity contribution in [3.8, 4) is 5.75 Å². The van der Waals surface area contributed by atoms with Gasteiger partial charge in [0, 0.05) is 16.1 Å². The average molecular weight is 414 g/mol. The number of aromatic nitrogens is 1. The molecular formula is C21H20ClN3O4. The highest BCUT2D eigenvalue weighted by molar-refractivity contribution is 6.31. The maximum Gasteiger partial charge on any atom is 0.259 e. The van der Waals surface area contributed by atoms with Crippen LogP contribution in [0.1, 0.15) is 5.69 Å². The number of amides is 2. The Morgan fingerprint density at radius 2 is 1.86 bits per heavy atom. The number of hydrogen-bond acceptors (Lipinski definition) is 4. The van der Waals surface area contributed by atoms with Crippen LogP contribution in [0.15, 0.2) is 53.3 Å². The third kappa shape index (κ3) is 4.75. The van der Waals surface area contributed by atoms with Crippen molar-refractivity contribution in [2.24, 2.45) is 0 Å². The molecular weight excluding hydrogens is 394 g/mol. The van der Waals surface area contributed by atoms with Crippen molar-refractivity contribution in [3.63, 3.8) is 0 Å². The van der Waals surface area contributed by atoms with Crippen molar-refractivity contribution >= 4 is 39.9 Å². The number of rotatable bonds is 6. The van der Waals surface area contributed by atoms with E-state index < -0.39 is 11.8 Å². The van der Waals surface area contributed by atoms with Gasteiger partial charge in [0.05, 0.1) is 19.3 Å². The van der Waals surface area contributed by atoms with E-state index >= 15 is 0 Å². The van der Waals surface area contributed by atoms with E-state index in [4.69, 9.17) is 16.3 Å². The molecule has 1 heterocycles. The molecule has 0 aliphatic heterocycles. The van der Waals surface area contributed by atoms with Crippen LogP contribution in [0.5, 0.6) is 5.75 Å². The van der Waals surface area contributed by atoms with E-state index in [1.54, 1.807) is 37.3 Å². The first-order valence-electron chi connectivity index (χ1n) is 8.88. The monoisotopic (exact) mass is 413 g/mol. The lowest BCUT2D eigenvalue weighted by Gasteiger charge is -2.13. The van der Waals surface area contributed by atoms with E-state index in [0.717, 1.165) is 5.39 Å². The second-order valence-electron chi connectivity index (χ2n) is 6.43. The summed E-state index contributed by atoms with van der Waals surface area (Å²) in [6.07, 6.45) is 0. The normalized spacial score (nSPS) is 10.6. The Balaban J connectivity index is 1.65. The third-order valence-electron chi connectivity index (χ3n) is 4.41. The van der Waals surface area contributed by atoms with Gasteiger partial charge in [-0.2, -0.15) is 0 Å². The average Bonchev–Trinajstić information content (AvgIpc) is 2.70. The van der Waals surface area contributed by atoms with Crippen LogP contribution in [0.3, 0.4) is 0 Å². The smallest absolute Gasteiger partial charge is 0.259 e. The molecule has 0 saturated carbocycles. The van der Waals surface area contributed by atoms with E-state index in [0.29, 0.717) is 27.5 Å². The Kier molecular flexibility index (Phi) is 6.19. The summed E-state index contributed by atoms with van der Waals surface area (Å²) in [6, 6.07) is 13.9. The lowest BCUT2D eigenvalue weighted by atomic mass is 10.1. The molecule has 2 N–H and O–H groups in total. The number of fused-ring (bicyclic) bond motifs is 1. The number of carbonyl (C=O) groups excluding carboxylic acids is 2. The van der Waals surface area contributed by atoms with E-state index in [2.05, 4.69) is 10.6 Å². The summed E-state index contributed by atoms with van der Waals surface area (Å²) < 4.78 is 6.55. The van der Waals surface area contributed by atoms with Crippen LogP contribution in [0.25, 0.3) is 10.8 Å². The Morgan fingerprint density at radius 1 is 1.10 bits per heavy atom. The van der Waals surface area contributed by atoms with E-state index in [1.165, 1.54) is 11.7 Å². The van der Waals surface area contributed by atoms with Crippen LogP contribution >= 0.6 is 11.6 Å². The molecule has 0 aliphatic carbocycles. The molecule has 3 aromatic rings. The van der Waals surface area contributed by atoms with Crippen LogP contribution < -0.4 is 20.9 Å². The van der Waals surface area contributed by atoms with Gasteiger partial charge in [0.25, 0.3) is 5.56 Å². The Bertz CT molecular complexity index is 1140. The predicted octanol–water partition coefficient (Wildman–Crippen LogP) is 2.73. The minimum absolute atomic E-state index is 0.177. The summed E-state index contributed by atoms with van der Waals surface area (Å²) in [6.45, 7) is 1.33. The van der Waals surface area contributed by atoms with Gasteiger partial charge in [-0.15, -0.1) is 0 Å². The van der Waals surface area contributed by atoms with Crippen molar-refractivity contribution in [1.29, 1.82) is 0 Å². The highest BCUT2D eigenvalue weighted by Gasteiger charge is 2.13. The van der Waals surface area contributed by atoms with E-state index in [-0.39, 0.29) is 18.6 Å². The molecule has 29 heavy (non-hydrogen) atoms. The van der Waals surface area contributed by atoms with Crippen LogP contribution in [-0.4, -0.2) is 30.0 Å². The molecule has 1 aromatic heterocycles. The Labute approximate surface area is 172 Å².